The van der Waals surface area contributed by atoms with Gasteiger partial charge in [-0.2, -0.15) is 0 Å². The molecule has 2 amide bonds. The second-order valence-corrected chi connectivity index (χ2v) is 14.4. The fourth-order valence-electron chi connectivity index (χ4n) is 7.86. The number of nitrogens with zero attached hydrogens (tertiary/aromatic N) is 2. The Morgan fingerprint density at radius 3 is 2.31 bits per heavy atom. The fraction of sp³-hybridized carbons (Fsp3) is 0.372. The third kappa shape index (κ3) is 8.19. The predicted molar refractivity (Wildman–Crippen MR) is 204 cm³/mol. The molecule has 4 aromatic rings. The zero-order valence-electron chi connectivity index (χ0n) is 30.8. The summed E-state index contributed by atoms with van der Waals surface area (Å²) in [5, 5.41) is 15.6. The molecule has 3 saturated heterocycles. The highest BCUT2D eigenvalue weighted by Gasteiger charge is 2.50. The summed E-state index contributed by atoms with van der Waals surface area (Å²) in [5.74, 6) is -0.764. The first-order valence-electron chi connectivity index (χ1n) is 18.7. The van der Waals surface area contributed by atoms with Gasteiger partial charge in [0.05, 0.1) is 25.5 Å². The molecule has 3 aliphatic heterocycles. The van der Waals surface area contributed by atoms with Crippen LogP contribution in [0.2, 0.25) is 0 Å². The molecule has 0 unspecified atom stereocenters. The second-order valence-electron chi connectivity index (χ2n) is 14.4. The van der Waals surface area contributed by atoms with Crippen molar-refractivity contribution >= 4 is 23.5 Å². The van der Waals surface area contributed by atoms with Gasteiger partial charge in [-0.1, -0.05) is 91.0 Å². The van der Waals surface area contributed by atoms with Crippen molar-refractivity contribution in [3.63, 3.8) is 0 Å². The normalized spacial score (nSPS) is 21.7. The van der Waals surface area contributed by atoms with E-state index in [1.54, 1.807) is 6.92 Å². The third-order valence-electron chi connectivity index (χ3n) is 10.8. The Morgan fingerprint density at radius 2 is 1.61 bits per heavy atom. The number of nitrogens with one attached hydrogen (secondary N) is 2. The summed E-state index contributed by atoms with van der Waals surface area (Å²) in [6, 6.07) is 34.0. The molecule has 54 heavy (non-hydrogen) atoms. The molecule has 0 saturated carbocycles. The van der Waals surface area contributed by atoms with E-state index in [1.165, 1.54) is 6.92 Å². The van der Waals surface area contributed by atoms with Crippen molar-refractivity contribution in [2.75, 3.05) is 31.2 Å². The zero-order chi connectivity index (χ0) is 37.7. The van der Waals surface area contributed by atoms with Crippen molar-refractivity contribution in [1.82, 2.24) is 15.5 Å². The minimum atomic E-state index is -0.880. The number of hydrogen-bond acceptors (Lipinski definition) is 9. The lowest BCUT2D eigenvalue weighted by atomic mass is 9.85. The van der Waals surface area contributed by atoms with Crippen molar-refractivity contribution in [2.24, 2.45) is 0 Å². The summed E-state index contributed by atoms with van der Waals surface area (Å²) < 4.78 is 18.4. The van der Waals surface area contributed by atoms with Crippen LogP contribution in [0.3, 0.4) is 0 Å². The van der Waals surface area contributed by atoms with Gasteiger partial charge in [0.25, 0.3) is 5.91 Å². The Labute approximate surface area is 316 Å². The maximum atomic E-state index is 13.3. The van der Waals surface area contributed by atoms with E-state index in [9.17, 15) is 19.5 Å². The predicted octanol–water partition coefficient (Wildman–Crippen LogP) is 5.39. The van der Waals surface area contributed by atoms with E-state index in [4.69, 9.17) is 14.2 Å². The minimum absolute atomic E-state index is 0.0222. The van der Waals surface area contributed by atoms with Gasteiger partial charge in [-0.25, -0.2) is 0 Å². The van der Waals surface area contributed by atoms with Gasteiger partial charge in [0.2, 0.25) is 5.91 Å². The molecule has 11 heteroatoms. The van der Waals surface area contributed by atoms with E-state index < -0.39 is 23.9 Å². The monoisotopic (exact) mass is 732 g/mol. The summed E-state index contributed by atoms with van der Waals surface area (Å²) in [7, 11) is 0. The van der Waals surface area contributed by atoms with Crippen LogP contribution in [-0.4, -0.2) is 71.8 Å². The van der Waals surface area contributed by atoms with Crippen LogP contribution >= 0.6 is 0 Å². The Bertz CT molecular complexity index is 1910. The van der Waals surface area contributed by atoms with Crippen LogP contribution < -0.4 is 15.5 Å². The van der Waals surface area contributed by atoms with E-state index in [1.807, 2.05) is 91.0 Å². The topological polar surface area (TPSA) is 130 Å². The van der Waals surface area contributed by atoms with Gasteiger partial charge >= 0.3 is 5.97 Å². The maximum Gasteiger partial charge on any atom is 0.303 e. The second kappa shape index (κ2) is 16.5. The van der Waals surface area contributed by atoms with Crippen molar-refractivity contribution in [3.8, 4) is 11.1 Å². The van der Waals surface area contributed by atoms with E-state index in [0.29, 0.717) is 19.6 Å². The number of aliphatic hydroxyl groups excluding tert-OH is 1. The van der Waals surface area contributed by atoms with Crippen LogP contribution in [0.1, 0.15) is 67.8 Å². The number of anilines is 1. The number of ether oxygens (including phenoxy) is 3. The molecule has 0 aliphatic carbocycles. The molecule has 0 bridgehead atoms. The SMILES string of the molecule is CC(=O)O[C@@H](C)C(=O)NCc1ccccc1-c1ccc([C@H]2O[C@@H](CN3CCC4(CC3)C(=O)NCN4c3ccccc3)C[C@@H](c3ccc(CO)cc3)O2)cc1. The molecule has 0 radical (unpaired) electrons. The van der Waals surface area contributed by atoms with Crippen LogP contribution in [0.15, 0.2) is 103 Å². The Balaban J connectivity index is 1.05. The van der Waals surface area contributed by atoms with Gasteiger partial charge in [0, 0.05) is 50.8 Å². The van der Waals surface area contributed by atoms with E-state index in [2.05, 4.69) is 32.6 Å². The highest BCUT2D eigenvalue weighted by atomic mass is 16.7. The number of amides is 2. The Kier molecular flexibility index (Phi) is 11.4. The molecular weight excluding hydrogens is 684 g/mol. The van der Waals surface area contributed by atoms with Crippen molar-refractivity contribution in [1.29, 1.82) is 0 Å². The first-order chi connectivity index (χ1) is 26.2. The first-order valence-corrected chi connectivity index (χ1v) is 18.7. The Hall–Kier alpha value is -5.07. The number of carbonyl (C=O) groups is 3. The number of esters is 1. The molecule has 7 rings (SSSR count). The molecule has 1 spiro atoms. The number of carbonyl (C=O) groups excluding carboxylic acids is 3. The van der Waals surface area contributed by atoms with Crippen LogP contribution in [0.4, 0.5) is 5.69 Å². The summed E-state index contributed by atoms with van der Waals surface area (Å²) in [4.78, 5) is 41.7. The Morgan fingerprint density at radius 1 is 0.926 bits per heavy atom. The average Bonchev–Trinajstić information content (AvgIpc) is 3.52. The molecule has 282 valence electrons. The van der Waals surface area contributed by atoms with E-state index in [0.717, 1.165) is 65.0 Å². The smallest absolute Gasteiger partial charge is 0.303 e. The van der Waals surface area contributed by atoms with Crippen molar-refractivity contribution < 1.29 is 33.7 Å². The van der Waals surface area contributed by atoms with Crippen molar-refractivity contribution in [2.45, 2.75) is 76.4 Å². The number of benzene rings is 4. The number of piperidine rings is 1. The highest BCUT2D eigenvalue weighted by molar-refractivity contribution is 5.93. The van der Waals surface area contributed by atoms with Gasteiger partial charge in [-0.3, -0.25) is 14.4 Å². The molecule has 4 atom stereocenters. The molecule has 3 heterocycles. The summed E-state index contributed by atoms with van der Waals surface area (Å²) in [5.41, 5.74) is 6.14. The van der Waals surface area contributed by atoms with Gasteiger partial charge in [-0.15, -0.1) is 0 Å². The standard InChI is InChI=1S/C43H48N4O7/c1-29(52-30(2)49)40(50)44-25-35-8-6-7-11-38(35)32-16-18-34(19-17-32)41-53-37(24-39(54-41)33-14-12-31(27-48)13-15-33)26-46-22-20-43(21-23-46)42(51)45-28-47(43)36-9-4-3-5-10-36/h3-19,29,37,39,41,48H,20-28H2,1-2H3,(H,44,50)(H,45,51)/t29-,37+,39-,41-/m0/s1. The molecule has 4 aromatic carbocycles. The number of para-hydroxylation sites is 1. The highest BCUT2D eigenvalue weighted by Crippen LogP contribution is 2.40. The summed E-state index contributed by atoms with van der Waals surface area (Å²) in [6.45, 7) is 5.86. The lowest BCUT2D eigenvalue weighted by molar-refractivity contribution is -0.253. The van der Waals surface area contributed by atoms with E-state index >= 15 is 0 Å². The summed E-state index contributed by atoms with van der Waals surface area (Å²) in [6.07, 6.45) is 0.291. The first kappa shape index (κ1) is 37.3. The average molecular weight is 733 g/mol. The lowest BCUT2D eigenvalue weighted by Crippen LogP contribution is -2.57. The molecule has 3 fully saturated rings. The molecule has 11 nitrogen and oxygen atoms in total. The number of aliphatic hydroxyl groups is 1. The maximum absolute atomic E-state index is 13.3. The molecule has 3 N–H and O–H groups in total. The largest absolute Gasteiger partial charge is 0.453 e. The zero-order valence-corrected chi connectivity index (χ0v) is 30.8. The number of rotatable bonds is 11. The molecular formula is C43H48N4O7. The quantitative estimate of drug-likeness (QED) is 0.174. The van der Waals surface area contributed by atoms with Gasteiger partial charge in [-0.05, 0) is 59.7 Å². The van der Waals surface area contributed by atoms with Crippen LogP contribution in [-0.2, 0) is 41.7 Å². The lowest BCUT2D eigenvalue weighted by Gasteiger charge is -2.45. The molecule has 0 aromatic heterocycles. The van der Waals surface area contributed by atoms with Crippen LogP contribution in [0, 0.1) is 0 Å². The van der Waals surface area contributed by atoms with Gasteiger partial charge in [0.1, 0.15) is 5.54 Å². The van der Waals surface area contributed by atoms with Crippen LogP contribution in [0.25, 0.3) is 11.1 Å². The number of hydrogen-bond donors (Lipinski definition) is 3. The third-order valence-corrected chi connectivity index (χ3v) is 10.8. The number of likely N-dealkylation sites (tertiary alicyclic amines) is 1. The van der Waals surface area contributed by atoms with E-state index in [-0.39, 0.29) is 37.2 Å². The minimum Gasteiger partial charge on any atom is -0.453 e. The fourth-order valence-corrected chi connectivity index (χ4v) is 7.86. The van der Waals surface area contributed by atoms with Gasteiger partial charge in [0.15, 0.2) is 12.4 Å². The summed E-state index contributed by atoms with van der Waals surface area (Å²) >= 11 is 0. The van der Waals surface area contributed by atoms with Crippen LogP contribution in [0.5, 0.6) is 0 Å². The molecule has 3 aliphatic rings. The van der Waals surface area contributed by atoms with Gasteiger partial charge < -0.3 is 39.8 Å². The van der Waals surface area contributed by atoms with Crippen molar-refractivity contribution in [3.05, 3.63) is 125 Å².